The van der Waals surface area contributed by atoms with Crippen LogP contribution in [0.5, 0.6) is 0 Å². The Hall–Kier alpha value is -0.650. The van der Waals surface area contributed by atoms with E-state index in [1.165, 1.54) is 38.6 Å². The predicted octanol–water partition coefficient (Wildman–Crippen LogP) is 1.22. The van der Waals surface area contributed by atoms with E-state index in [1.807, 2.05) is 4.90 Å². The molecule has 2 heterocycles. The van der Waals surface area contributed by atoms with Crippen LogP contribution in [0.3, 0.4) is 0 Å². The number of piperazine rings is 1. The Bertz CT molecular complexity index is 368. The van der Waals surface area contributed by atoms with Crippen molar-refractivity contribution in [3.8, 4) is 0 Å². The number of hydrogen-bond acceptors (Lipinski definition) is 4. The summed E-state index contributed by atoms with van der Waals surface area (Å²) in [4.78, 5) is 17.2. The summed E-state index contributed by atoms with van der Waals surface area (Å²) >= 11 is 0. The van der Waals surface area contributed by atoms with Crippen molar-refractivity contribution in [2.45, 2.75) is 50.5 Å². The Balaban J connectivity index is 1.45. The van der Waals surface area contributed by atoms with Crippen molar-refractivity contribution in [2.24, 2.45) is 11.7 Å². The van der Waals surface area contributed by atoms with E-state index in [-0.39, 0.29) is 5.91 Å². The molecule has 0 aromatic carbocycles. The Morgan fingerprint density at radius 2 is 1.68 bits per heavy atom. The van der Waals surface area contributed by atoms with Crippen LogP contribution in [-0.4, -0.2) is 67.2 Å². The van der Waals surface area contributed by atoms with Crippen molar-refractivity contribution < 1.29 is 9.53 Å². The van der Waals surface area contributed by atoms with Gasteiger partial charge in [0.25, 0.3) is 0 Å². The number of carbonyl (C=O) groups excluding carboxylic acids is 1. The SMILES string of the molecule is NC1(C(=O)N2CCN(CC3CCCCC3)CC2)CCOCC1. The zero-order valence-corrected chi connectivity index (χ0v) is 13.8. The van der Waals surface area contributed by atoms with Gasteiger partial charge >= 0.3 is 0 Å². The molecule has 5 heteroatoms. The van der Waals surface area contributed by atoms with Crippen LogP contribution in [0.4, 0.5) is 0 Å². The van der Waals surface area contributed by atoms with Crippen LogP contribution in [0.25, 0.3) is 0 Å². The van der Waals surface area contributed by atoms with Gasteiger partial charge in [0, 0.05) is 45.9 Å². The van der Waals surface area contributed by atoms with Gasteiger partial charge in [-0.05, 0) is 31.6 Å². The van der Waals surface area contributed by atoms with E-state index in [0.29, 0.717) is 26.1 Å². The molecule has 1 saturated carbocycles. The summed E-state index contributed by atoms with van der Waals surface area (Å²) in [5, 5.41) is 0. The molecular formula is C17H31N3O2. The molecular weight excluding hydrogens is 278 g/mol. The fraction of sp³-hybridized carbons (Fsp3) is 0.941. The standard InChI is InChI=1S/C17H31N3O2/c18-17(6-12-22-13-7-17)16(21)20-10-8-19(9-11-20)14-15-4-2-1-3-5-15/h15H,1-14,18H2. The number of nitrogens with two attached hydrogens (primary N) is 1. The summed E-state index contributed by atoms with van der Waals surface area (Å²) in [7, 11) is 0. The molecule has 0 aromatic heterocycles. The summed E-state index contributed by atoms with van der Waals surface area (Å²) in [6.07, 6.45) is 8.33. The first-order chi connectivity index (χ1) is 10.7. The van der Waals surface area contributed by atoms with Crippen molar-refractivity contribution in [3.63, 3.8) is 0 Å². The topological polar surface area (TPSA) is 58.8 Å². The smallest absolute Gasteiger partial charge is 0.242 e. The molecule has 0 spiro atoms. The minimum absolute atomic E-state index is 0.146. The maximum Gasteiger partial charge on any atom is 0.242 e. The van der Waals surface area contributed by atoms with E-state index in [1.54, 1.807) is 0 Å². The lowest BCUT2D eigenvalue weighted by Gasteiger charge is -2.41. The van der Waals surface area contributed by atoms with Crippen LogP contribution in [0, 0.1) is 5.92 Å². The molecule has 22 heavy (non-hydrogen) atoms. The number of hydrogen-bond donors (Lipinski definition) is 1. The van der Waals surface area contributed by atoms with Crippen LogP contribution < -0.4 is 5.73 Å². The predicted molar refractivity (Wildman–Crippen MR) is 86.6 cm³/mol. The lowest BCUT2D eigenvalue weighted by atomic mass is 9.88. The highest BCUT2D eigenvalue weighted by atomic mass is 16.5. The van der Waals surface area contributed by atoms with Gasteiger partial charge in [-0.2, -0.15) is 0 Å². The highest BCUT2D eigenvalue weighted by Crippen LogP contribution is 2.25. The van der Waals surface area contributed by atoms with Crippen LogP contribution in [0.15, 0.2) is 0 Å². The minimum Gasteiger partial charge on any atom is -0.381 e. The number of amides is 1. The number of ether oxygens (including phenoxy) is 1. The summed E-state index contributed by atoms with van der Waals surface area (Å²) < 4.78 is 5.35. The molecule has 2 saturated heterocycles. The Morgan fingerprint density at radius 1 is 1.05 bits per heavy atom. The molecule has 3 aliphatic rings. The van der Waals surface area contributed by atoms with Crippen molar-refractivity contribution in [2.75, 3.05) is 45.9 Å². The van der Waals surface area contributed by atoms with Gasteiger partial charge in [0.1, 0.15) is 0 Å². The molecule has 5 nitrogen and oxygen atoms in total. The Kier molecular flexibility index (Phi) is 5.37. The van der Waals surface area contributed by atoms with Crippen molar-refractivity contribution in [3.05, 3.63) is 0 Å². The molecule has 3 fully saturated rings. The third-order valence-corrected chi connectivity index (χ3v) is 5.71. The zero-order valence-electron chi connectivity index (χ0n) is 13.8. The Labute approximate surface area is 134 Å². The molecule has 1 amide bonds. The molecule has 1 aliphatic carbocycles. The van der Waals surface area contributed by atoms with E-state index in [9.17, 15) is 4.79 Å². The normalized spacial score (nSPS) is 27.8. The van der Waals surface area contributed by atoms with E-state index in [0.717, 1.165) is 32.1 Å². The first-order valence-corrected chi connectivity index (χ1v) is 9.06. The molecule has 126 valence electrons. The molecule has 0 unspecified atom stereocenters. The van der Waals surface area contributed by atoms with Gasteiger partial charge < -0.3 is 15.4 Å². The van der Waals surface area contributed by atoms with Crippen molar-refractivity contribution >= 4 is 5.91 Å². The lowest BCUT2D eigenvalue weighted by Crippen LogP contribution is -2.61. The average molecular weight is 309 g/mol. The van der Waals surface area contributed by atoms with E-state index >= 15 is 0 Å². The zero-order chi connectivity index (χ0) is 15.4. The van der Waals surface area contributed by atoms with Gasteiger partial charge in [-0.25, -0.2) is 0 Å². The van der Waals surface area contributed by atoms with E-state index < -0.39 is 5.54 Å². The first kappa shape index (κ1) is 16.2. The molecule has 0 atom stereocenters. The van der Waals surface area contributed by atoms with Crippen molar-refractivity contribution in [1.29, 1.82) is 0 Å². The minimum atomic E-state index is -0.677. The third kappa shape index (κ3) is 3.81. The van der Waals surface area contributed by atoms with Crippen LogP contribution in [0.1, 0.15) is 44.9 Å². The van der Waals surface area contributed by atoms with E-state index in [4.69, 9.17) is 10.5 Å². The summed E-state index contributed by atoms with van der Waals surface area (Å²) in [6.45, 7) is 6.15. The van der Waals surface area contributed by atoms with E-state index in [2.05, 4.69) is 4.90 Å². The third-order valence-electron chi connectivity index (χ3n) is 5.71. The van der Waals surface area contributed by atoms with Gasteiger partial charge in [0.15, 0.2) is 0 Å². The molecule has 3 rings (SSSR count). The average Bonchev–Trinajstić information content (AvgIpc) is 2.56. The lowest BCUT2D eigenvalue weighted by molar-refractivity contribution is -0.142. The second-order valence-electron chi connectivity index (χ2n) is 7.37. The number of nitrogens with zero attached hydrogens (tertiary/aromatic N) is 2. The molecule has 0 radical (unpaired) electrons. The monoisotopic (exact) mass is 309 g/mol. The molecule has 2 N–H and O–H groups in total. The maximum absolute atomic E-state index is 12.7. The second-order valence-corrected chi connectivity index (χ2v) is 7.37. The van der Waals surface area contributed by atoms with Crippen LogP contribution in [-0.2, 0) is 9.53 Å². The number of rotatable bonds is 3. The molecule has 0 aromatic rings. The van der Waals surface area contributed by atoms with Gasteiger partial charge in [-0.15, -0.1) is 0 Å². The Morgan fingerprint density at radius 3 is 2.32 bits per heavy atom. The number of carbonyl (C=O) groups is 1. The fourth-order valence-electron chi connectivity index (χ4n) is 4.13. The van der Waals surface area contributed by atoms with Gasteiger partial charge in [0.05, 0.1) is 5.54 Å². The highest BCUT2D eigenvalue weighted by molar-refractivity contribution is 5.86. The molecule has 2 aliphatic heterocycles. The fourth-order valence-corrected chi connectivity index (χ4v) is 4.13. The van der Waals surface area contributed by atoms with Gasteiger partial charge in [-0.1, -0.05) is 19.3 Å². The molecule has 0 bridgehead atoms. The summed E-state index contributed by atoms with van der Waals surface area (Å²) in [5.74, 6) is 1.03. The van der Waals surface area contributed by atoms with Crippen molar-refractivity contribution in [1.82, 2.24) is 9.80 Å². The quantitative estimate of drug-likeness (QED) is 0.851. The first-order valence-electron chi connectivity index (χ1n) is 9.06. The maximum atomic E-state index is 12.7. The highest BCUT2D eigenvalue weighted by Gasteiger charge is 2.39. The summed E-state index contributed by atoms with van der Waals surface area (Å²) in [6, 6.07) is 0. The van der Waals surface area contributed by atoms with Crippen LogP contribution >= 0.6 is 0 Å². The second kappa shape index (κ2) is 7.28. The van der Waals surface area contributed by atoms with Gasteiger partial charge in [-0.3, -0.25) is 9.69 Å². The van der Waals surface area contributed by atoms with Gasteiger partial charge in [0.2, 0.25) is 5.91 Å². The largest absolute Gasteiger partial charge is 0.381 e. The van der Waals surface area contributed by atoms with Crippen LogP contribution in [0.2, 0.25) is 0 Å². The summed E-state index contributed by atoms with van der Waals surface area (Å²) in [5.41, 5.74) is 5.66.